The van der Waals surface area contributed by atoms with E-state index >= 15 is 0 Å². The molecule has 1 atom stereocenters. The number of pyridine rings is 1. The first-order valence-electron chi connectivity index (χ1n) is 9.66. The Morgan fingerprint density at radius 1 is 1.07 bits per heavy atom. The summed E-state index contributed by atoms with van der Waals surface area (Å²) in [5, 5.41) is 0. The van der Waals surface area contributed by atoms with E-state index < -0.39 is 0 Å². The number of hydrogen-bond acceptors (Lipinski definition) is 4. The van der Waals surface area contributed by atoms with Gasteiger partial charge in [0.15, 0.2) is 0 Å². The molecule has 5 nitrogen and oxygen atoms in total. The average Bonchev–Trinajstić information content (AvgIpc) is 3.09. The van der Waals surface area contributed by atoms with Crippen LogP contribution in [0.25, 0.3) is 11.0 Å². The Kier molecular flexibility index (Phi) is 10.9. The highest BCUT2D eigenvalue weighted by Gasteiger charge is 2.27. The average molecular weight is 459 g/mol. The molecule has 0 spiro atoms. The third-order valence-electron chi connectivity index (χ3n) is 5.30. The molecule has 0 radical (unpaired) electrons. The molecule has 3 N–H and O–H groups in total. The van der Waals surface area contributed by atoms with Gasteiger partial charge < -0.3 is 10.7 Å². The van der Waals surface area contributed by atoms with Crippen LogP contribution in [-0.4, -0.2) is 32.9 Å². The number of imidazole rings is 1. The predicted molar refractivity (Wildman–Crippen MR) is 126 cm³/mol. The zero-order chi connectivity index (χ0) is 17.8. The van der Waals surface area contributed by atoms with Gasteiger partial charge in [0.1, 0.15) is 5.82 Å². The maximum absolute atomic E-state index is 5.72. The molecule has 1 aliphatic carbocycles. The van der Waals surface area contributed by atoms with Gasteiger partial charge in [-0.3, -0.25) is 9.88 Å². The van der Waals surface area contributed by atoms with E-state index in [0.717, 1.165) is 62.2 Å². The van der Waals surface area contributed by atoms with Crippen LogP contribution in [0.1, 0.15) is 48.8 Å². The number of nitrogens with two attached hydrogens (primary N) is 1. The lowest BCUT2D eigenvalue weighted by atomic mass is 9.90. The number of rotatable bonds is 7. The van der Waals surface area contributed by atoms with E-state index in [0.29, 0.717) is 6.04 Å². The Morgan fingerprint density at radius 3 is 2.69 bits per heavy atom. The van der Waals surface area contributed by atoms with Crippen molar-refractivity contribution in [2.24, 2.45) is 5.73 Å². The van der Waals surface area contributed by atoms with E-state index in [9.17, 15) is 0 Å². The summed E-state index contributed by atoms with van der Waals surface area (Å²) >= 11 is 0. The summed E-state index contributed by atoms with van der Waals surface area (Å²) in [5.74, 6) is 1.03. The molecule has 0 fully saturated rings. The molecule has 0 amide bonds. The zero-order valence-corrected chi connectivity index (χ0v) is 18.9. The summed E-state index contributed by atoms with van der Waals surface area (Å²) in [5.41, 5.74) is 10.5. The predicted octanol–water partition coefficient (Wildman–Crippen LogP) is 4.84. The number of H-pyrrole nitrogens is 1. The fourth-order valence-corrected chi connectivity index (χ4v) is 4.02. The van der Waals surface area contributed by atoms with Gasteiger partial charge in [0.05, 0.1) is 29.3 Å². The molecule has 2 heterocycles. The molecular weight excluding hydrogens is 429 g/mol. The zero-order valence-electron chi connectivity index (χ0n) is 16.4. The number of benzene rings is 1. The van der Waals surface area contributed by atoms with Crippen molar-refractivity contribution in [2.75, 3.05) is 13.1 Å². The Balaban J connectivity index is 0.00000140. The van der Waals surface area contributed by atoms with E-state index in [1.165, 1.54) is 17.7 Å². The summed E-state index contributed by atoms with van der Waals surface area (Å²) in [6, 6.07) is 12.9. The molecule has 3 aromatic rings. The Labute approximate surface area is 191 Å². The monoisotopic (exact) mass is 457 g/mol. The first-order chi connectivity index (χ1) is 12.8. The van der Waals surface area contributed by atoms with Crippen LogP contribution in [0.5, 0.6) is 0 Å². The summed E-state index contributed by atoms with van der Waals surface area (Å²) in [6.45, 7) is 2.59. The highest BCUT2D eigenvalue weighted by molar-refractivity contribution is 5.86. The number of fused-ring (bicyclic) bond motifs is 2. The van der Waals surface area contributed by atoms with E-state index in [-0.39, 0.29) is 37.2 Å². The second-order valence-corrected chi connectivity index (χ2v) is 7.12. The van der Waals surface area contributed by atoms with Gasteiger partial charge in [0.25, 0.3) is 0 Å². The first kappa shape index (κ1) is 25.7. The van der Waals surface area contributed by atoms with Crippen molar-refractivity contribution in [2.45, 2.75) is 44.7 Å². The lowest BCUT2D eigenvalue weighted by molar-refractivity contribution is 0.159. The van der Waals surface area contributed by atoms with E-state index in [1.807, 2.05) is 18.3 Å². The molecular formula is C21H30Cl3N5. The topological polar surface area (TPSA) is 70.8 Å². The van der Waals surface area contributed by atoms with Crippen molar-refractivity contribution in [3.8, 4) is 0 Å². The molecule has 0 saturated carbocycles. The Bertz CT molecular complexity index is 837. The molecule has 0 bridgehead atoms. The number of aromatic amines is 1. The highest BCUT2D eigenvalue weighted by atomic mass is 35.5. The van der Waals surface area contributed by atoms with Gasteiger partial charge >= 0.3 is 0 Å². The third kappa shape index (κ3) is 6.06. The summed E-state index contributed by atoms with van der Waals surface area (Å²) < 4.78 is 0. The van der Waals surface area contributed by atoms with Crippen LogP contribution >= 0.6 is 37.2 Å². The number of aryl methyl sites for hydroxylation is 1. The molecule has 1 aromatic carbocycles. The van der Waals surface area contributed by atoms with E-state index in [1.54, 1.807) is 0 Å². The normalized spacial score (nSPS) is 15.2. The van der Waals surface area contributed by atoms with Crippen LogP contribution < -0.4 is 5.73 Å². The number of aromatic nitrogens is 3. The van der Waals surface area contributed by atoms with Gasteiger partial charge in [-0.25, -0.2) is 4.98 Å². The van der Waals surface area contributed by atoms with Gasteiger partial charge in [-0.1, -0.05) is 18.2 Å². The van der Waals surface area contributed by atoms with Crippen LogP contribution in [-0.2, 0) is 13.0 Å². The minimum atomic E-state index is 0. The summed E-state index contributed by atoms with van der Waals surface area (Å²) in [6.07, 6.45) is 7.61. The first-order valence-corrected chi connectivity index (χ1v) is 9.66. The fourth-order valence-electron chi connectivity index (χ4n) is 4.02. The lowest BCUT2D eigenvalue weighted by Gasteiger charge is -2.34. The van der Waals surface area contributed by atoms with Gasteiger partial charge in [-0.2, -0.15) is 0 Å². The van der Waals surface area contributed by atoms with Crippen LogP contribution in [0.2, 0.25) is 0 Å². The molecule has 0 unspecified atom stereocenters. The van der Waals surface area contributed by atoms with Crippen LogP contribution in [0, 0.1) is 0 Å². The molecule has 8 heteroatoms. The smallest absolute Gasteiger partial charge is 0.121 e. The van der Waals surface area contributed by atoms with Crippen molar-refractivity contribution in [1.29, 1.82) is 0 Å². The Hall–Kier alpha value is -1.37. The van der Waals surface area contributed by atoms with Gasteiger partial charge in [-0.15, -0.1) is 37.2 Å². The maximum atomic E-state index is 5.72. The van der Waals surface area contributed by atoms with Crippen molar-refractivity contribution in [3.63, 3.8) is 0 Å². The lowest BCUT2D eigenvalue weighted by Crippen LogP contribution is -2.33. The number of nitrogens with one attached hydrogen (secondary N) is 1. The van der Waals surface area contributed by atoms with Gasteiger partial charge in [0.2, 0.25) is 0 Å². The van der Waals surface area contributed by atoms with Crippen molar-refractivity contribution in [1.82, 2.24) is 19.9 Å². The number of nitrogens with zero attached hydrogens (tertiary/aromatic N) is 3. The van der Waals surface area contributed by atoms with E-state index in [2.05, 4.69) is 34.1 Å². The SMILES string of the molecule is Cl.Cl.Cl.NCCCCN(Cc1nc2ccccc2[nH]1)[C@H]1CCCc2cccnc21. The minimum Gasteiger partial charge on any atom is -0.341 e. The second-order valence-electron chi connectivity index (χ2n) is 7.12. The van der Waals surface area contributed by atoms with Crippen LogP contribution in [0.3, 0.4) is 0 Å². The number of para-hydroxylation sites is 2. The van der Waals surface area contributed by atoms with Gasteiger partial charge in [0, 0.05) is 6.20 Å². The maximum Gasteiger partial charge on any atom is 0.121 e. The molecule has 1 aliphatic rings. The number of halogens is 3. The van der Waals surface area contributed by atoms with Crippen LogP contribution in [0.15, 0.2) is 42.6 Å². The summed E-state index contributed by atoms with van der Waals surface area (Å²) in [4.78, 5) is 15.5. The van der Waals surface area contributed by atoms with Crippen molar-refractivity contribution in [3.05, 3.63) is 59.7 Å². The van der Waals surface area contributed by atoms with Crippen molar-refractivity contribution < 1.29 is 0 Å². The number of unbranched alkanes of at least 4 members (excludes halogenated alkanes) is 1. The van der Waals surface area contributed by atoms with E-state index in [4.69, 9.17) is 15.7 Å². The number of hydrogen-bond donors (Lipinski definition) is 2. The standard InChI is InChI=1S/C21H27N5.3ClH/c22-12-3-4-14-26(15-20-24-17-9-1-2-10-18(17)25-20)19-11-5-7-16-8-6-13-23-21(16)19;;;/h1-2,6,8-10,13,19H,3-5,7,11-12,14-15,22H2,(H,24,25);3*1H/t19-;;;/m0.../s1. The minimum absolute atomic E-state index is 0. The Morgan fingerprint density at radius 2 is 1.90 bits per heavy atom. The van der Waals surface area contributed by atoms with Gasteiger partial charge in [-0.05, 0) is 69.0 Å². The largest absolute Gasteiger partial charge is 0.341 e. The van der Waals surface area contributed by atoms with Crippen LogP contribution in [0.4, 0.5) is 0 Å². The third-order valence-corrected chi connectivity index (χ3v) is 5.30. The summed E-state index contributed by atoms with van der Waals surface area (Å²) in [7, 11) is 0. The van der Waals surface area contributed by atoms with Crippen molar-refractivity contribution >= 4 is 48.3 Å². The molecule has 2 aromatic heterocycles. The second kappa shape index (κ2) is 12.4. The fraction of sp³-hybridized carbons (Fsp3) is 0.429. The molecule has 4 rings (SSSR count). The highest BCUT2D eigenvalue weighted by Crippen LogP contribution is 2.33. The molecule has 0 saturated heterocycles. The molecule has 0 aliphatic heterocycles. The molecule has 29 heavy (non-hydrogen) atoms. The molecule has 160 valence electrons. The quantitative estimate of drug-likeness (QED) is 0.497.